The zero-order valence-corrected chi connectivity index (χ0v) is 15.4. The second kappa shape index (κ2) is 10.5. The summed E-state index contributed by atoms with van der Waals surface area (Å²) in [6, 6.07) is 0. The minimum atomic E-state index is -0.205. The number of likely N-dealkylation sites (tertiary alicyclic amines) is 1. The fraction of sp³-hybridized carbons (Fsp3) is 0.882. The molecule has 0 aromatic rings. The van der Waals surface area contributed by atoms with E-state index in [0.29, 0.717) is 5.96 Å². The molecule has 6 nitrogen and oxygen atoms in total. The lowest BCUT2D eigenvalue weighted by Crippen LogP contribution is -2.48. The van der Waals surface area contributed by atoms with Crippen molar-refractivity contribution in [3.05, 3.63) is 0 Å². The average molecular weight is 326 g/mol. The third kappa shape index (κ3) is 10.2. The number of guanidine groups is 1. The van der Waals surface area contributed by atoms with Gasteiger partial charge in [0.25, 0.3) is 0 Å². The van der Waals surface area contributed by atoms with Crippen molar-refractivity contribution in [3.63, 3.8) is 0 Å². The van der Waals surface area contributed by atoms with E-state index < -0.39 is 0 Å². The fourth-order valence-corrected chi connectivity index (χ4v) is 2.72. The first kappa shape index (κ1) is 19.7. The zero-order valence-electron chi connectivity index (χ0n) is 15.4. The summed E-state index contributed by atoms with van der Waals surface area (Å²) in [5.41, 5.74) is -0.205. The molecule has 0 aromatic heterocycles. The Balaban J connectivity index is 2.15. The smallest absolute Gasteiger partial charge is 0.239 e. The van der Waals surface area contributed by atoms with Crippen LogP contribution in [0.15, 0.2) is 4.99 Å². The predicted octanol–water partition coefficient (Wildman–Crippen LogP) is 1.33. The molecule has 1 saturated heterocycles. The maximum Gasteiger partial charge on any atom is 0.239 e. The van der Waals surface area contributed by atoms with Crippen molar-refractivity contribution in [1.29, 1.82) is 0 Å². The van der Waals surface area contributed by atoms with Crippen LogP contribution in [-0.4, -0.2) is 62.1 Å². The fourth-order valence-electron chi connectivity index (χ4n) is 2.72. The number of hydrogen-bond acceptors (Lipinski definition) is 3. The highest BCUT2D eigenvalue weighted by molar-refractivity contribution is 5.86. The first-order valence-electron chi connectivity index (χ1n) is 8.88. The molecule has 0 atom stereocenters. The minimum absolute atomic E-state index is 0.0231. The lowest BCUT2D eigenvalue weighted by Gasteiger charge is -2.21. The van der Waals surface area contributed by atoms with Crippen molar-refractivity contribution in [2.75, 3.05) is 39.8 Å². The van der Waals surface area contributed by atoms with E-state index in [-0.39, 0.29) is 18.0 Å². The molecule has 0 bridgehead atoms. The van der Waals surface area contributed by atoms with Crippen molar-refractivity contribution in [3.8, 4) is 0 Å². The van der Waals surface area contributed by atoms with Gasteiger partial charge < -0.3 is 20.9 Å². The van der Waals surface area contributed by atoms with Crippen LogP contribution in [0.25, 0.3) is 0 Å². The number of nitrogens with one attached hydrogen (secondary N) is 3. The number of nitrogens with zero attached hydrogens (tertiary/aromatic N) is 2. The molecule has 23 heavy (non-hydrogen) atoms. The number of aliphatic imine (C=N–C) groups is 1. The van der Waals surface area contributed by atoms with Crippen molar-refractivity contribution in [2.45, 2.75) is 58.4 Å². The number of hydrogen-bond donors (Lipinski definition) is 3. The summed E-state index contributed by atoms with van der Waals surface area (Å²) in [6.07, 6.45) is 6.51. The lowest BCUT2D eigenvalue weighted by molar-refractivity contribution is -0.121. The topological polar surface area (TPSA) is 68.8 Å². The second-order valence-electron chi connectivity index (χ2n) is 7.26. The van der Waals surface area contributed by atoms with Gasteiger partial charge in [-0.3, -0.25) is 9.79 Å². The van der Waals surface area contributed by atoms with Gasteiger partial charge in [-0.2, -0.15) is 0 Å². The second-order valence-corrected chi connectivity index (χ2v) is 7.26. The summed E-state index contributed by atoms with van der Waals surface area (Å²) >= 11 is 0. The molecule has 1 aliphatic heterocycles. The first-order valence-corrected chi connectivity index (χ1v) is 8.88. The summed E-state index contributed by atoms with van der Waals surface area (Å²) in [4.78, 5) is 18.5. The van der Waals surface area contributed by atoms with Gasteiger partial charge in [0.15, 0.2) is 5.96 Å². The van der Waals surface area contributed by atoms with Crippen LogP contribution in [0.3, 0.4) is 0 Å². The molecule has 1 rings (SSSR count). The van der Waals surface area contributed by atoms with Gasteiger partial charge >= 0.3 is 0 Å². The quantitative estimate of drug-likeness (QED) is 0.391. The third-order valence-corrected chi connectivity index (χ3v) is 3.80. The molecule has 134 valence electrons. The molecule has 0 aromatic carbocycles. The van der Waals surface area contributed by atoms with Gasteiger partial charge in [-0.05, 0) is 59.7 Å². The third-order valence-electron chi connectivity index (χ3n) is 3.80. The van der Waals surface area contributed by atoms with Crippen LogP contribution >= 0.6 is 0 Å². The molecule has 0 unspecified atom stereocenters. The molecule has 1 amide bonds. The number of amides is 1. The highest BCUT2D eigenvalue weighted by Crippen LogP contribution is 2.09. The Labute approximate surface area is 141 Å². The molecule has 3 N–H and O–H groups in total. The molecule has 0 saturated carbocycles. The molecular weight excluding hydrogens is 290 g/mol. The van der Waals surface area contributed by atoms with Gasteiger partial charge in [0, 0.05) is 19.1 Å². The van der Waals surface area contributed by atoms with Gasteiger partial charge in [0.05, 0.1) is 6.54 Å². The Morgan fingerprint density at radius 2 is 1.74 bits per heavy atom. The van der Waals surface area contributed by atoms with Crippen molar-refractivity contribution >= 4 is 11.9 Å². The van der Waals surface area contributed by atoms with Gasteiger partial charge in [-0.15, -0.1) is 0 Å². The van der Waals surface area contributed by atoms with Gasteiger partial charge in [-0.1, -0.05) is 12.8 Å². The summed E-state index contributed by atoms with van der Waals surface area (Å²) in [5, 5.41) is 9.25. The Hall–Kier alpha value is -1.30. The van der Waals surface area contributed by atoms with Crippen LogP contribution in [0.2, 0.25) is 0 Å². The van der Waals surface area contributed by atoms with Crippen LogP contribution in [0, 0.1) is 0 Å². The molecule has 1 fully saturated rings. The van der Waals surface area contributed by atoms with Gasteiger partial charge in [0.1, 0.15) is 0 Å². The standard InChI is InChI=1S/C17H35N5O/c1-17(2,3)21-15(23)14-20-16(18-4)19-10-9-13-22-11-7-5-6-8-12-22/h5-14H2,1-4H3,(H,21,23)(H2,18,19,20). The maximum absolute atomic E-state index is 11.8. The highest BCUT2D eigenvalue weighted by Gasteiger charge is 2.13. The zero-order chi connectivity index (χ0) is 17.1. The maximum atomic E-state index is 11.8. The van der Waals surface area contributed by atoms with E-state index in [1.165, 1.54) is 38.8 Å². The number of carbonyl (C=O) groups is 1. The summed E-state index contributed by atoms with van der Waals surface area (Å²) in [5.74, 6) is 0.662. The summed E-state index contributed by atoms with van der Waals surface area (Å²) in [7, 11) is 1.73. The molecule has 0 spiro atoms. The molecule has 0 radical (unpaired) electrons. The summed E-state index contributed by atoms with van der Waals surface area (Å²) < 4.78 is 0. The first-order chi connectivity index (χ1) is 10.9. The van der Waals surface area contributed by atoms with Crippen molar-refractivity contribution < 1.29 is 4.79 Å². The van der Waals surface area contributed by atoms with Crippen LogP contribution < -0.4 is 16.0 Å². The van der Waals surface area contributed by atoms with Crippen LogP contribution in [0.5, 0.6) is 0 Å². The molecule has 0 aliphatic carbocycles. The van der Waals surface area contributed by atoms with E-state index in [1.54, 1.807) is 7.05 Å². The summed E-state index contributed by atoms with van der Waals surface area (Å²) in [6.45, 7) is 10.6. The highest BCUT2D eigenvalue weighted by atomic mass is 16.2. The van der Waals surface area contributed by atoms with Crippen LogP contribution in [-0.2, 0) is 4.79 Å². The molecular formula is C17H35N5O. The van der Waals surface area contributed by atoms with E-state index in [0.717, 1.165) is 19.5 Å². The Kier molecular flexibility index (Phi) is 8.99. The predicted molar refractivity (Wildman–Crippen MR) is 96.8 cm³/mol. The number of carbonyl (C=O) groups excluding carboxylic acids is 1. The number of rotatable bonds is 6. The van der Waals surface area contributed by atoms with E-state index in [4.69, 9.17) is 0 Å². The minimum Gasteiger partial charge on any atom is -0.356 e. The largest absolute Gasteiger partial charge is 0.356 e. The Bertz CT molecular complexity index is 368. The van der Waals surface area contributed by atoms with Crippen molar-refractivity contribution in [2.24, 2.45) is 4.99 Å². The molecule has 6 heteroatoms. The van der Waals surface area contributed by atoms with Crippen LogP contribution in [0.1, 0.15) is 52.9 Å². The van der Waals surface area contributed by atoms with E-state index >= 15 is 0 Å². The van der Waals surface area contributed by atoms with Gasteiger partial charge in [0.2, 0.25) is 5.91 Å². The van der Waals surface area contributed by atoms with Crippen LogP contribution in [0.4, 0.5) is 0 Å². The SMILES string of the molecule is CN=C(NCCCN1CCCCCC1)NCC(=O)NC(C)(C)C. The van der Waals surface area contributed by atoms with E-state index in [9.17, 15) is 4.79 Å². The molecule has 1 heterocycles. The van der Waals surface area contributed by atoms with Crippen molar-refractivity contribution in [1.82, 2.24) is 20.9 Å². The monoisotopic (exact) mass is 325 g/mol. The average Bonchev–Trinajstić information content (AvgIpc) is 2.73. The van der Waals surface area contributed by atoms with Gasteiger partial charge in [-0.25, -0.2) is 0 Å². The van der Waals surface area contributed by atoms with E-state index in [1.807, 2.05) is 20.8 Å². The lowest BCUT2D eigenvalue weighted by atomic mass is 10.1. The normalized spacial score (nSPS) is 17.5. The molecule has 1 aliphatic rings. The Morgan fingerprint density at radius 3 is 2.30 bits per heavy atom. The van der Waals surface area contributed by atoms with E-state index in [2.05, 4.69) is 25.8 Å². The Morgan fingerprint density at radius 1 is 1.09 bits per heavy atom.